The average molecular weight is 228 g/mol. The molecule has 0 unspecified atom stereocenters. The zero-order chi connectivity index (χ0) is 12.6. The van der Waals surface area contributed by atoms with Gasteiger partial charge in [-0.05, 0) is 51.2 Å². The van der Waals surface area contributed by atoms with Gasteiger partial charge >= 0.3 is 0 Å². The molecule has 98 valence electrons. The first-order valence-corrected chi connectivity index (χ1v) is 6.82. The molecule has 1 N–H and O–H groups in total. The van der Waals surface area contributed by atoms with Gasteiger partial charge in [0.1, 0.15) is 0 Å². The Morgan fingerprint density at radius 1 is 1.19 bits per heavy atom. The molecule has 0 aliphatic carbocycles. The Hall–Kier alpha value is -0.0800. The topological polar surface area (TPSA) is 15.3 Å². The molecule has 0 fully saturated rings. The van der Waals surface area contributed by atoms with Crippen molar-refractivity contribution in [2.75, 3.05) is 33.7 Å². The quantitative estimate of drug-likeness (QED) is 0.652. The van der Waals surface area contributed by atoms with E-state index >= 15 is 0 Å². The number of hydrogen-bond acceptors (Lipinski definition) is 2. The molecule has 0 aromatic rings. The molecule has 0 aromatic heterocycles. The van der Waals surface area contributed by atoms with Crippen LogP contribution in [0.2, 0.25) is 0 Å². The summed E-state index contributed by atoms with van der Waals surface area (Å²) in [4.78, 5) is 2.50. The summed E-state index contributed by atoms with van der Waals surface area (Å²) in [6, 6.07) is 0. The van der Waals surface area contributed by atoms with Gasteiger partial charge in [0.2, 0.25) is 0 Å². The Morgan fingerprint density at radius 2 is 1.75 bits per heavy atom. The molecule has 0 atom stereocenters. The van der Waals surface area contributed by atoms with Crippen molar-refractivity contribution in [1.29, 1.82) is 0 Å². The molecule has 0 bridgehead atoms. The second-order valence-corrected chi connectivity index (χ2v) is 5.66. The van der Waals surface area contributed by atoms with Crippen molar-refractivity contribution in [3.05, 3.63) is 0 Å². The number of rotatable bonds is 9. The first-order valence-electron chi connectivity index (χ1n) is 6.82. The fourth-order valence-electron chi connectivity index (χ4n) is 2.28. The first kappa shape index (κ1) is 15.9. The Labute approximate surface area is 103 Å². The lowest BCUT2D eigenvalue weighted by Gasteiger charge is -2.36. The summed E-state index contributed by atoms with van der Waals surface area (Å²) in [6.07, 6.45) is 3.83. The summed E-state index contributed by atoms with van der Waals surface area (Å²) in [7, 11) is 4.33. The van der Waals surface area contributed by atoms with E-state index in [1.807, 2.05) is 0 Å². The molecule has 0 aliphatic heterocycles. The molecular weight excluding hydrogens is 196 g/mol. The van der Waals surface area contributed by atoms with Gasteiger partial charge in [-0.1, -0.05) is 27.7 Å². The van der Waals surface area contributed by atoms with Crippen molar-refractivity contribution in [3.63, 3.8) is 0 Å². The molecule has 0 spiro atoms. The van der Waals surface area contributed by atoms with Crippen LogP contribution in [0.15, 0.2) is 0 Å². The normalized spacial score (nSPS) is 12.8. The summed E-state index contributed by atoms with van der Waals surface area (Å²) in [6.45, 7) is 12.8. The molecular formula is C14H32N2. The van der Waals surface area contributed by atoms with Crippen LogP contribution < -0.4 is 5.32 Å². The van der Waals surface area contributed by atoms with Crippen molar-refractivity contribution >= 4 is 0 Å². The van der Waals surface area contributed by atoms with E-state index in [2.05, 4.69) is 52.0 Å². The highest BCUT2D eigenvalue weighted by Crippen LogP contribution is 2.26. The maximum Gasteiger partial charge on any atom is 0.00469 e. The largest absolute Gasteiger partial charge is 0.319 e. The molecule has 2 nitrogen and oxygen atoms in total. The Balaban J connectivity index is 4.16. The molecule has 0 amide bonds. The van der Waals surface area contributed by atoms with Gasteiger partial charge in [0.25, 0.3) is 0 Å². The van der Waals surface area contributed by atoms with E-state index < -0.39 is 0 Å². The molecule has 0 heterocycles. The highest BCUT2D eigenvalue weighted by Gasteiger charge is 2.26. The minimum atomic E-state index is 0.459. The number of hydrogen-bond donors (Lipinski definition) is 1. The molecule has 16 heavy (non-hydrogen) atoms. The first-order chi connectivity index (χ1) is 7.49. The SMILES string of the molecule is CCC(CC)(CNC)CN(C)CCC(C)C. The van der Waals surface area contributed by atoms with Crippen molar-refractivity contribution in [3.8, 4) is 0 Å². The Morgan fingerprint density at radius 3 is 2.12 bits per heavy atom. The van der Waals surface area contributed by atoms with E-state index in [1.54, 1.807) is 0 Å². The fourth-order valence-corrected chi connectivity index (χ4v) is 2.28. The zero-order valence-electron chi connectivity index (χ0n) is 12.3. The average Bonchev–Trinajstić information content (AvgIpc) is 2.25. The van der Waals surface area contributed by atoms with Crippen molar-refractivity contribution in [1.82, 2.24) is 10.2 Å². The van der Waals surface area contributed by atoms with Gasteiger partial charge in [-0.25, -0.2) is 0 Å². The van der Waals surface area contributed by atoms with E-state index in [9.17, 15) is 0 Å². The minimum Gasteiger partial charge on any atom is -0.319 e. The monoisotopic (exact) mass is 228 g/mol. The second-order valence-electron chi connectivity index (χ2n) is 5.66. The number of nitrogens with one attached hydrogen (secondary N) is 1. The third kappa shape index (κ3) is 5.86. The van der Waals surface area contributed by atoms with Crippen LogP contribution in [-0.4, -0.2) is 38.6 Å². The van der Waals surface area contributed by atoms with E-state index in [4.69, 9.17) is 0 Å². The lowest BCUT2D eigenvalue weighted by molar-refractivity contribution is 0.154. The summed E-state index contributed by atoms with van der Waals surface area (Å²) >= 11 is 0. The summed E-state index contributed by atoms with van der Waals surface area (Å²) in [5, 5.41) is 3.35. The van der Waals surface area contributed by atoms with Crippen molar-refractivity contribution in [2.45, 2.75) is 47.0 Å². The number of nitrogens with zero attached hydrogens (tertiary/aromatic N) is 1. The maximum atomic E-state index is 3.35. The second kappa shape index (κ2) is 8.08. The van der Waals surface area contributed by atoms with Crippen molar-refractivity contribution < 1.29 is 0 Å². The molecule has 0 saturated carbocycles. The van der Waals surface area contributed by atoms with Gasteiger partial charge in [-0.15, -0.1) is 0 Å². The van der Waals surface area contributed by atoms with Crippen LogP contribution in [0.4, 0.5) is 0 Å². The van der Waals surface area contributed by atoms with Gasteiger partial charge < -0.3 is 10.2 Å². The van der Waals surface area contributed by atoms with Crippen LogP contribution >= 0.6 is 0 Å². The summed E-state index contributed by atoms with van der Waals surface area (Å²) in [5.41, 5.74) is 0.459. The highest BCUT2D eigenvalue weighted by atomic mass is 15.1. The third-order valence-electron chi connectivity index (χ3n) is 3.75. The van der Waals surface area contributed by atoms with Crippen LogP contribution in [0.3, 0.4) is 0 Å². The predicted octanol–water partition coefficient (Wildman–Crippen LogP) is 2.99. The molecule has 0 aromatic carbocycles. The molecule has 0 aliphatic rings. The van der Waals surface area contributed by atoms with Crippen LogP contribution in [-0.2, 0) is 0 Å². The van der Waals surface area contributed by atoms with Gasteiger partial charge in [0.05, 0.1) is 0 Å². The lowest BCUT2D eigenvalue weighted by atomic mass is 9.81. The molecule has 0 rings (SSSR count). The third-order valence-corrected chi connectivity index (χ3v) is 3.75. The van der Waals surface area contributed by atoms with Crippen LogP contribution in [0.25, 0.3) is 0 Å². The van der Waals surface area contributed by atoms with Gasteiger partial charge in [0, 0.05) is 13.1 Å². The Bertz CT molecular complexity index is 162. The van der Waals surface area contributed by atoms with E-state index in [0.29, 0.717) is 5.41 Å². The van der Waals surface area contributed by atoms with Crippen LogP contribution in [0.1, 0.15) is 47.0 Å². The van der Waals surface area contributed by atoms with Gasteiger partial charge in [-0.2, -0.15) is 0 Å². The van der Waals surface area contributed by atoms with Crippen LogP contribution in [0.5, 0.6) is 0 Å². The van der Waals surface area contributed by atoms with E-state index in [1.165, 1.54) is 32.4 Å². The molecule has 0 radical (unpaired) electrons. The van der Waals surface area contributed by atoms with Gasteiger partial charge in [0.15, 0.2) is 0 Å². The lowest BCUT2D eigenvalue weighted by Crippen LogP contribution is -2.42. The smallest absolute Gasteiger partial charge is 0.00469 e. The summed E-state index contributed by atoms with van der Waals surface area (Å²) < 4.78 is 0. The van der Waals surface area contributed by atoms with Crippen LogP contribution in [0, 0.1) is 11.3 Å². The molecule has 2 heteroatoms. The zero-order valence-corrected chi connectivity index (χ0v) is 12.3. The van der Waals surface area contributed by atoms with E-state index in [0.717, 1.165) is 12.5 Å². The standard InChI is InChI=1S/C14H32N2/c1-7-14(8-2,11-15-5)12-16(6)10-9-13(3)4/h13,15H,7-12H2,1-6H3. The fraction of sp³-hybridized carbons (Fsp3) is 1.00. The maximum absolute atomic E-state index is 3.35. The Kier molecular flexibility index (Phi) is 8.04. The minimum absolute atomic E-state index is 0.459. The predicted molar refractivity (Wildman–Crippen MR) is 73.9 cm³/mol. The highest BCUT2D eigenvalue weighted by molar-refractivity contribution is 4.81. The van der Waals surface area contributed by atoms with E-state index in [-0.39, 0.29) is 0 Å². The molecule has 0 saturated heterocycles. The summed E-state index contributed by atoms with van der Waals surface area (Å²) in [5.74, 6) is 0.810. The van der Waals surface area contributed by atoms with Crippen molar-refractivity contribution in [2.24, 2.45) is 11.3 Å². The van der Waals surface area contributed by atoms with Gasteiger partial charge in [-0.3, -0.25) is 0 Å².